The van der Waals surface area contributed by atoms with Gasteiger partial charge in [0.25, 0.3) is 11.8 Å². The van der Waals surface area contributed by atoms with Crippen molar-refractivity contribution in [3.63, 3.8) is 0 Å². The number of hydrogen-bond acceptors (Lipinski definition) is 5. The second-order valence-corrected chi connectivity index (χ2v) is 7.04. The Bertz CT molecular complexity index is 692. The van der Waals surface area contributed by atoms with Crippen molar-refractivity contribution in [2.24, 2.45) is 0 Å². The highest BCUT2D eigenvalue weighted by molar-refractivity contribution is 5.98. The van der Waals surface area contributed by atoms with Gasteiger partial charge in [0.1, 0.15) is 6.04 Å². The minimum absolute atomic E-state index is 0.0271. The average Bonchev–Trinajstić information content (AvgIpc) is 2.59. The van der Waals surface area contributed by atoms with Crippen LogP contribution >= 0.6 is 0 Å². The van der Waals surface area contributed by atoms with Crippen LogP contribution in [-0.2, 0) is 19.7 Å². The van der Waals surface area contributed by atoms with Crippen molar-refractivity contribution < 1.29 is 23.9 Å². The van der Waals surface area contributed by atoms with Crippen LogP contribution in [-0.4, -0.2) is 43.0 Å². The van der Waals surface area contributed by atoms with E-state index in [0.29, 0.717) is 12.1 Å². The molecular formula is C19H27N3O5. The maximum atomic E-state index is 12.2. The zero-order valence-corrected chi connectivity index (χ0v) is 16.3. The van der Waals surface area contributed by atoms with Crippen LogP contribution in [0.25, 0.3) is 0 Å². The molecule has 0 aliphatic heterocycles. The van der Waals surface area contributed by atoms with Gasteiger partial charge in [0.05, 0.1) is 0 Å². The highest BCUT2D eigenvalue weighted by atomic mass is 16.5. The van der Waals surface area contributed by atoms with Crippen molar-refractivity contribution in [1.82, 2.24) is 16.0 Å². The Morgan fingerprint density at radius 2 is 1.67 bits per heavy atom. The highest BCUT2D eigenvalue weighted by Gasteiger charge is 2.20. The predicted octanol–water partition coefficient (Wildman–Crippen LogP) is 1.49. The lowest BCUT2D eigenvalue weighted by atomic mass is 9.86. The van der Waals surface area contributed by atoms with E-state index in [1.165, 1.54) is 6.92 Å². The summed E-state index contributed by atoms with van der Waals surface area (Å²) < 4.78 is 4.80. The molecule has 1 aromatic carbocycles. The Balaban J connectivity index is 2.51. The number of hydrogen-bond donors (Lipinski definition) is 3. The van der Waals surface area contributed by atoms with E-state index >= 15 is 0 Å². The SMILES string of the molecule is CCNC(=O)NC(=O)COC(=O)[C@H](C)NC(=O)c1ccc(C(C)(C)C)cc1. The molecule has 0 bridgehead atoms. The molecule has 1 atom stereocenters. The van der Waals surface area contributed by atoms with E-state index in [1.807, 2.05) is 17.4 Å². The molecule has 0 saturated carbocycles. The zero-order valence-electron chi connectivity index (χ0n) is 16.3. The van der Waals surface area contributed by atoms with E-state index in [1.54, 1.807) is 19.1 Å². The molecule has 0 heterocycles. The smallest absolute Gasteiger partial charge is 0.328 e. The number of carbonyl (C=O) groups excluding carboxylic acids is 4. The summed E-state index contributed by atoms with van der Waals surface area (Å²) in [6.45, 7) is 9.11. The second kappa shape index (κ2) is 9.70. The van der Waals surface area contributed by atoms with Gasteiger partial charge in [-0.3, -0.25) is 14.9 Å². The number of imide groups is 1. The molecule has 0 aliphatic rings. The third kappa shape index (κ3) is 7.47. The Labute approximate surface area is 159 Å². The lowest BCUT2D eigenvalue weighted by Gasteiger charge is -2.19. The van der Waals surface area contributed by atoms with Crippen molar-refractivity contribution >= 4 is 23.8 Å². The van der Waals surface area contributed by atoms with Gasteiger partial charge in [-0.1, -0.05) is 32.9 Å². The van der Waals surface area contributed by atoms with Crippen LogP contribution in [0, 0.1) is 0 Å². The number of urea groups is 1. The van der Waals surface area contributed by atoms with Gasteiger partial charge in [-0.05, 0) is 37.0 Å². The van der Waals surface area contributed by atoms with E-state index < -0.39 is 36.5 Å². The predicted molar refractivity (Wildman–Crippen MR) is 100 cm³/mol. The molecule has 1 aromatic rings. The fraction of sp³-hybridized carbons (Fsp3) is 0.474. The molecule has 0 saturated heterocycles. The molecule has 27 heavy (non-hydrogen) atoms. The fourth-order valence-electron chi connectivity index (χ4n) is 2.09. The highest BCUT2D eigenvalue weighted by Crippen LogP contribution is 2.22. The second-order valence-electron chi connectivity index (χ2n) is 7.04. The first-order chi connectivity index (χ1) is 12.5. The molecule has 0 fully saturated rings. The standard InChI is InChI=1S/C19H27N3O5/c1-6-20-18(26)22-15(23)11-27-17(25)12(2)21-16(24)13-7-9-14(10-8-13)19(3,4)5/h7-10,12H,6,11H2,1-5H3,(H,21,24)(H2,20,22,23,26)/t12-/m0/s1. The van der Waals surface area contributed by atoms with Gasteiger partial charge in [0.15, 0.2) is 6.61 Å². The summed E-state index contributed by atoms with van der Waals surface area (Å²) in [5, 5.41) is 6.90. The summed E-state index contributed by atoms with van der Waals surface area (Å²) in [6, 6.07) is 5.49. The van der Waals surface area contributed by atoms with Crippen molar-refractivity contribution in [3.05, 3.63) is 35.4 Å². The topological polar surface area (TPSA) is 114 Å². The Morgan fingerprint density at radius 1 is 1.07 bits per heavy atom. The lowest BCUT2D eigenvalue weighted by Crippen LogP contribution is -2.43. The van der Waals surface area contributed by atoms with Crippen molar-refractivity contribution in [2.45, 2.75) is 46.1 Å². The number of nitrogens with one attached hydrogen (secondary N) is 3. The van der Waals surface area contributed by atoms with Gasteiger partial charge in [-0.15, -0.1) is 0 Å². The molecular weight excluding hydrogens is 350 g/mol. The van der Waals surface area contributed by atoms with E-state index in [9.17, 15) is 19.2 Å². The molecule has 0 spiro atoms. The quantitative estimate of drug-likeness (QED) is 0.650. The van der Waals surface area contributed by atoms with Gasteiger partial charge in [-0.25, -0.2) is 9.59 Å². The van der Waals surface area contributed by atoms with Crippen LogP contribution in [0.4, 0.5) is 4.79 Å². The number of benzene rings is 1. The Kier molecular flexibility index (Phi) is 7.96. The summed E-state index contributed by atoms with van der Waals surface area (Å²) >= 11 is 0. The van der Waals surface area contributed by atoms with Crippen LogP contribution in [0.3, 0.4) is 0 Å². The molecule has 0 radical (unpaired) electrons. The fourth-order valence-corrected chi connectivity index (χ4v) is 2.09. The third-order valence-corrected chi connectivity index (χ3v) is 3.65. The normalized spacial score (nSPS) is 11.9. The largest absolute Gasteiger partial charge is 0.454 e. The zero-order chi connectivity index (χ0) is 20.6. The number of esters is 1. The molecule has 0 unspecified atom stereocenters. The van der Waals surface area contributed by atoms with Crippen LogP contribution in [0.5, 0.6) is 0 Å². The van der Waals surface area contributed by atoms with E-state index in [0.717, 1.165) is 5.56 Å². The maximum absolute atomic E-state index is 12.2. The van der Waals surface area contributed by atoms with Crippen LogP contribution < -0.4 is 16.0 Å². The van der Waals surface area contributed by atoms with Crippen molar-refractivity contribution in [1.29, 1.82) is 0 Å². The number of amides is 4. The number of ether oxygens (including phenoxy) is 1. The number of rotatable bonds is 6. The van der Waals surface area contributed by atoms with Gasteiger partial charge in [0.2, 0.25) is 0 Å². The van der Waals surface area contributed by atoms with Crippen LogP contribution in [0.15, 0.2) is 24.3 Å². The molecule has 0 aliphatic carbocycles. The molecule has 148 valence electrons. The summed E-state index contributed by atoms with van der Waals surface area (Å²) in [7, 11) is 0. The molecule has 1 rings (SSSR count). The lowest BCUT2D eigenvalue weighted by molar-refractivity contribution is -0.149. The summed E-state index contributed by atoms with van der Waals surface area (Å²) in [5.41, 5.74) is 1.47. The molecule has 0 aromatic heterocycles. The Morgan fingerprint density at radius 3 is 2.19 bits per heavy atom. The number of carbonyl (C=O) groups is 4. The van der Waals surface area contributed by atoms with Crippen molar-refractivity contribution in [2.75, 3.05) is 13.2 Å². The molecule has 4 amide bonds. The minimum Gasteiger partial charge on any atom is -0.454 e. The molecule has 8 heteroatoms. The Hall–Kier alpha value is -2.90. The van der Waals surface area contributed by atoms with Gasteiger partial charge in [-0.2, -0.15) is 0 Å². The van der Waals surface area contributed by atoms with Crippen molar-refractivity contribution in [3.8, 4) is 0 Å². The van der Waals surface area contributed by atoms with Crippen LogP contribution in [0.2, 0.25) is 0 Å². The van der Waals surface area contributed by atoms with E-state index in [2.05, 4.69) is 31.4 Å². The van der Waals surface area contributed by atoms with Crippen LogP contribution in [0.1, 0.15) is 50.5 Å². The maximum Gasteiger partial charge on any atom is 0.328 e. The summed E-state index contributed by atoms with van der Waals surface area (Å²) in [5.74, 6) is -1.96. The summed E-state index contributed by atoms with van der Waals surface area (Å²) in [4.78, 5) is 46.8. The van der Waals surface area contributed by atoms with Gasteiger partial charge >= 0.3 is 12.0 Å². The first-order valence-electron chi connectivity index (χ1n) is 8.70. The minimum atomic E-state index is -0.947. The van der Waals surface area contributed by atoms with Gasteiger partial charge in [0, 0.05) is 12.1 Å². The first kappa shape index (κ1) is 22.1. The summed E-state index contributed by atoms with van der Waals surface area (Å²) in [6.07, 6.45) is 0. The van der Waals surface area contributed by atoms with E-state index in [4.69, 9.17) is 4.74 Å². The monoisotopic (exact) mass is 377 g/mol. The van der Waals surface area contributed by atoms with E-state index in [-0.39, 0.29) is 5.41 Å². The average molecular weight is 377 g/mol. The molecule has 8 nitrogen and oxygen atoms in total. The first-order valence-corrected chi connectivity index (χ1v) is 8.70. The molecule has 3 N–H and O–H groups in total. The third-order valence-electron chi connectivity index (χ3n) is 3.65. The van der Waals surface area contributed by atoms with Gasteiger partial charge < -0.3 is 15.4 Å².